The van der Waals surface area contributed by atoms with Crippen LogP contribution in [-0.2, 0) is 0 Å². The van der Waals surface area contributed by atoms with E-state index in [0.717, 1.165) is 25.6 Å². The minimum absolute atomic E-state index is 0. The lowest BCUT2D eigenvalue weighted by molar-refractivity contribution is 0.0953. The largest absolute Gasteiger partial charge is 0.508 e. The molecule has 0 amide bonds. The van der Waals surface area contributed by atoms with E-state index in [9.17, 15) is 9.90 Å². The lowest BCUT2D eigenvalue weighted by atomic mass is 9.99. The monoisotopic (exact) mass is 283 g/mol. The molecule has 0 aromatic heterocycles. The minimum Gasteiger partial charge on any atom is -0.508 e. The van der Waals surface area contributed by atoms with E-state index in [1.165, 1.54) is 12.8 Å². The minimum atomic E-state index is 0. The van der Waals surface area contributed by atoms with Gasteiger partial charge in [-0.05, 0) is 56.1 Å². The van der Waals surface area contributed by atoms with Crippen LogP contribution in [0.5, 0.6) is 5.75 Å². The molecule has 1 aliphatic heterocycles. The molecule has 106 valence electrons. The number of hydrogen-bond acceptors (Lipinski definition) is 3. The van der Waals surface area contributed by atoms with Gasteiger partial charge in [0, 0.05) is 18.5 Å². The summed E-state index contributed by atoms with van der Waals surface area (Å²) in [6.45, 7) is 5.37. The van der Waals surface area contributed by atoms with E-state index in [2.05, 4.69) is 11.8 Å². The first kappa shape index (κ1) is 16.0. The van der Waals surface area contributed by atoms with Gasteiger partial charge in [0.2, 0.25) is 0 Å². The molecule has 1 heterocycles. The van der Waals surface area contributed by atoms with Crippen LogP contribution in [0.4, 0.5) is 0 Å². The molecule has 0 saturated carbocycles. The van der Waals surface area contributed by atoms with Gasteiger partial charge in [-0.3, -0.25) is 4.79 Å². The molecule has 0 aliphatic carbocycles. The van der Waals surface area contributed by atoms with Crippen molar-refractivity contribution in [2.24, 2.45) is 5.92 Å². The zero-order chi connectivity index (χ0) is 13.0. The molecule has 0 bridgehead atoms. The van der Waals surface area contributed by atoms with Crippen LogP contribution in [0.25, 0.3) is 0 Å². The van der Waals surface area contributed by atoms with E-state index < -0.39 is 0 Å². The molecule has 2 rings (SSSR count). The highest BCUT2D eigenvalue weighted by Crippen LogP contribution is 2.17. The van der Waals surface area contributed by atoms with Gasteiger partial charge in [-0.1, -0.05) is 6.92 Å². The molecule has 19 heavy (non-hydrogen) atoms. The van der Waals surface area contributed by atoms with Gasteiger partial charge in [0.05, 0.1) is 0 Å². The Hall–Kier alpha value is -1.06. The summed E-state index contributed by atoms with van der Waals surface area (Å²) in [7, 11) is 0. The second-order valence-corrected chi connectivity index (χ2v) is 5.24. The second-order valence-electron chi connectivity index (χ2n) is 5.24. The standard InChI is InChI=1S/C15H21NO2.ClH/c1-12-6-9-16(10-7-12)11-8-15(18)13-2-4-14(17)5-3-13;/h2-5,12,17H,6-11H2,1H3;1H. The van der Waals surface area contributed by atoms with Crippen molar-refractivity contribution in [2.45, 2.75) is 26.2 Å². The number of halogens is 1. The number of benzene rings is 1. The summed E-state index contributed by atoms with van der Waals surface area (Å²) in [5.41, 5.74) is 0.693. The molecular formula is C15H22ClNO2. The predicted molar refractivity (Wildman–Crippen MR) is 79.1 cm³/mol. The van der Waals surface area contributed by atoms with Crippen LogP contribution in [0, 0.1) is 5.92 Å². The van der Waals surface area contributed by atoms with Crippen LogP contribution in [0.2, 0.25) is 0 Å². The second kappa shape index (κ2) is 7.51. The van der Waals surface area contributed by atoms with Crippen LogP contribution in [0.1, 0.15) is 36.5 Å². The van der Waals surface area contributed by atoms with E-state index in [-0.39, 0.29) is 23.9 Å². The fourth-order valence-corrected chi connectivity index (χ4v) is 2.34. The van der Waals surface area contributed by atoms with Crippen molar-refractivity contribution < 1.29 is 9.90 Å². The number of hydrogen-bond donors (Lipinski definition) is 1. The number of carbonyl (C=O) groups excluding carboxylic acids is 1. The highest BCUT2D eigenvalue weighted by Gasteiger charge is 2.16. The number of piperidine rings is 1. The number of ketones is 1. The Kier molecular flexibility index (Phi) is 6.32. The maximum Gasteiger partial charge on any atom is 0.164 e. The molecule has 1 aromatic carbocycles. The van der Waals surface area contributed by atoms with Crippen LogP contribution in [0.15, 0.2) is 24.3 Å². The molecule has 0 unspecified atom stereocenters. The number of Topliss-reactive ketones (excluding diaryl/α,β-unsaturated/α-hetero) is 1. The Balaban J connectivity index is 0.00000180. The number of likely N-dealkylation sites (tertiary alicyclic amines) is 1. The van der Waals surface area contributed by atoms with Crippen molar-refractivity contribution >= 4 is 18.2 Å². The molecule has 1 N–H and O–H groups in total. The van der Waals surface area contributed by atoms with E-state index >= 15 is 0 Å². The zero-order valence-electron chi connectivity index (χ0n) is 11.3. The van der Waals surface area contributed by atoms with Crippen molar-refractivity contribution in [1.82, 2.24) is 4.90 Å². The molecule has 1 aliphatic rings. The van der Waals surface area contributed by atoms with Crippen molar-refractivity contribution in [3.8, 4) is 5.75 Å². The van der Waals surface area contributed by atoms with Gasteiger partial charge in [-0.25, -0.2) is 0 Å². The van der Waals surface area contributed by atoms with Gasteiger partial charge in [0.15, 0.2) is 5.78 Å². The first-order chi connectivity index (χ1) is 8.65. The SMILES string of the molecule is CC1CCN(CCC(=O)c2ccc(O)cc2)CC1.Cl. The lowest BCUT2D eigenvalue weighted by Gasteiger charge is -2.29. The first-order valence-electron chi connectivity index (χ1n) is 6.70. The van der Waals surface area contributed by atoms with Crippen molar-refractivity contribution in [3.63, 3.8) is 0 Å². The summed E-state index contributed by atoms with van der Waals surface area (Å²) in [4.78, 5) is 14.3. The maximum atomic E-state index is 12.0. The van der Waals surface area contributed by atoms with Gasteiger partial charge >= 0.3 is 0 Å². The Morgan fingerprint density at radius 2 is 1.84 bits per heavy atom. The Labute approximate surface area is 121 Å². The van der Waals surface area contributed by atoms with Gasteiger partial charge in [-0.15, -0.1) is 12.4 Å². The molecule has 1 aromatic rings. The normalized spacial score (nSPS) is 16.9. The Bertz CT molecular complexity index is 397. The summed E-state index contributed by atoms with van der Waals surface area (Å²) in [5.74, 6) is 1.19. The summed E-state index contributed by atoms with van der Waals surface area (Å²) in [5, 5.41) is 9.18. The highest BCUT2D eigenvalue weighted by atomic mass is 35.5. The van der Waals surface area contributed by atoms with E-state index in [1.807, 2.05) is 0 Å². The topological polar surface area (TPSA) is 40.5 Å². The fourth-order valence-electron chi connectivity index (χ4n) is 2.34. The summed E-state index contributed by atoms with van der Waals surface area (Å²) >= 11 is 0. The first-order valence-corrected chi connectivity index (χ1v) is 6.70. The molecule has 4 heteroatoms. The number of phenolic OH excluding ortho intramolecular Hbond substituents is 1. The Morgan fingerprint density at radius 1 is 1.26 bits per heavy atom. The van der Waals surface area contributed by atoms with E-state index in [4.69, 9.17) is 0 Å². The van der Waals surface area contributed by atoms with Gasteiger partial charge in [0.25, 0.3) is 0 Å². The molecular weight excluding hydrogens is 262 g/mol. The van der Waals surface area contributed by atoms with E-state index in [0.29, 0.717) is 12.0 Å². The number of phenols is 1. The zero-order valence-corrected chi connectivity index (χ0v) is 12.2. The molecule has 0 atom stereocenters. The number of carbonyl (C=O) groups is 1. The summed E-state index contributed by atoms with van der Waals surface area (Å²) in [6, 6.07) is 6.51. The van der Waals surface area contributed by atoms with E-state index in [1.54, 1.807) is 24.3 Å². The van der Waals surface area contributed by atoms with Crippen molar-refractivity contribution in [3.05, 3.63) is 29.8 Å². The number of rotatable bonds is 4. The van der Waals surface area contributed by atoms with Gasteiger partial charge in [0.1, 0.15) is 5.75 Å². The Morgan fingerprint density at radius 3 is 2.42 bits per heavy atom. The van der Waals surface area contributed by atoms with Crippen LogP contribution >= 0.6 is 12.4 Å². The number of aromatic hydroxyl groups is 1. The van der Waals surface area contributed by atoms with Crippen LogP contribution in [0.3, 0.4) is 0 Å². The maximum absolute atomic E-state index is 12.0. The van der Waals surface area contributed by atoms with Crippen molar-refractivity contribution in [1.29, 1.82) is 0 Å². The van der Waals surface area contributed by atoms with Crippen LogP contribution < -0.4 is 0 Å². The lowest BCUT2D eigenvalue weighted by Crippen LogP contribution is -2.34. The average Bonchev–Trinajstić information content (AvgIpc) is 2.38. The highest BCUT2D eigenvalue weighted by molar-refractivity contribution is 5.96. The molecule has 1 fully saturated rings. The third kappa shape index (κ3) is 4.84. The summed E-state index contributed by atoms with van der Waals surface area (Å²) < 4.78 is 0. The smallest absolute Gasteiger partial charge is 0.164 e. The average molecular weight is 284 g/mol. The quantitative estimate of drug-likeness (QED) is 0.863. The van der Waals surface area contributed by atoms with Crippen molar-refractivity contribution in [2.75, 3.05) is 19.6 Å². The van der Waals surface area contributed by atoms with Gasteiger partial charge in [-0.2, -0.15) is 0 Å². The van der Waals surface area contributed by atoms with Gasteiger partial charge < -0.3 is 10.0 Å². The molecule has 0 radical (unpaired) electrons. The van der Waals surface area contributed by atoms with Crippen LogP contribution in [-0.4, -0.2) is 35.4 Å². The molecule has 1 saturated heterocycles. The predicted octanol–water partition coefficient (Wildman–Crippen LogP) is 3.12. The molecule has 0 spiro atoms. The fraction of sp³-hybridized carbons (Fsp3) is 0.533. The third-order valence-corrected chi connectivity index (χ3v) is 3.72. The molecule has 3 nitrogen and oxygen atoms in total. The number of nitrogens with zero attached hydrogens (tertiary/aromatic N) is 1. The summed E-state index contributed by atoms with van der Waals surface area (Å²) in [6.07, 6.45) is 3.06. The third-order valence-electron chi connectivity index (χ3n) is 3.72.